The van der Waals surface area contributed by atoms with Crippen molar-refractivity contribution < 1.29 is 9.59 Å². The van der Waals surface area contributed by atoms with E-state index in [1.165, 1.54) is 0 Å². The third kappa shape index (κ3) is 5.34. The van der Waals surface area contributed by atoms with E-state index in [-0.39, 0.29) is 18.4 Å². The third-order valence-corrected chi connectivity index (χ3v) is 6.00. The number of carbonyl (C=O) groups is 2. The summed E-state index contributed by atoms with van der Waals surface area (Å²) >= 11 is 0. The molecule has 0 bridgehead atoms. The minimum Gasteiger partial charge on any atom is -0.355 e. The standard InChI is InChI=1S/C28H30N4O2/c1-3-31(23-13-5-4-6-14-23)28(34)20-32-25-16-10-9-15-24(25)30-26(32)17-18-29-27(33)19-22-12-8-7-11-21(22)2/h4-16H,3,17-20H2,1-2H3,(H,29,33). The summed E-state index contributed by atoms with van der Waals surface area (Å²) in [5.74, 6) is 0.769. The molecule has 0 aliphatic heterocycles. The molecule has 4 aromatic rings. The highest BCUT2D eigenvalue weighted by atomic mass is 16.2. The molecule has 0 aliphatic rings. The van der Waals surface area contributed by atoms with E-state index in [1.807, 2.05) is 97.3 Å². The number of fused-ring (bicyclic) bond motifs is 1. The van der Waals surface area contributed by atoms with Gasteiger partial charge in [-0.1, -0.05) is 54.6 Å². The second-order valence-corrected chi connectivity index (χ2v) is 8.28. The largest absolute Gasteiger partial charge is 0.355 e. The molecule has 4 rings (SSSR count). The summed E-state index contributed by atoms with van der Waals surface area (Å²) in [5, 5.41) is 3.00. The monoisotopic (exact) mass is 454 g/mol. The van der Waals surface area contributed by atoms with Crippen molar-refractivity contribution in [2.45, 2.75) is 33.2 Å². The van der Waals surface area contributed by atoms with E-state index >= 15 is 0 Å². The first-order valence-corrected chi connectivity index (χ1v) is 11.7. The fourth-order valence-electron chi connectivity index (χ4n) is 4.18. The van der Waals surface area contributed by atoms with Crippen molar-refractivity contribution in [1.29, 1.82) is 0 Å². The lowest BCUT2D eigenvalue weighted by Gasteiger charge is -2.22. The van der Waals surface area contributed by atoms with Gasteiger partial charge in [-0.25, -0.2) is 4.98 Å². The molecule has 0 spiro atoms. The molecule has 0 atom stereocenters. The molecule has 0 radical (unpaired) electrons. The van der Waals surface area contributed by atoms with E-state index in [0.29, 0.717) is 25.9 Å². The van der Waals surface area contributed by atoms with Crippen molar-refractivity contribution in [3.8, 4) is 0 Å². The van der Waals surface area contributed by atoms with Crippen LogP contribution in [0.4, 0.5) is 5.69 Å². The Labute approximate surface area is 200 Å². The van der Waals surface area contributed by atoms with Gasteiger partial charge in [0.15, 0.2) is 0 Å². The number of anilines is 1. The number of likely N-dealkylation sites (N-methyl/N-ethyl adjacent to an activating group) is 1. The number of nitrogens with one attached hydrogen (secondary N) is 1. The first-order valence-electron chi connectivity index (χ1n) is 11.7. The minimum atomic E-state index is -0.0192. The van der Waals surface area contributed by atoms with Crippen molar-refractivity contribution in [1.82, 2.24) is 14.9 Å². The fourth-order valence-corrected chi connectivity index (χ4v) is 4.18. The van der Waals surface area contributed by atoms with E-state index in [0.717, 1.165) is 33.7 Å². The molecule has 2 amide bonds. The highest BCUT2D eigenvalue weighted by Gasteiger charge is 2.18. The van der Waals surface area contributed by atoms with Crippen molar-refractivity contribution >= 4 is 28.5 Å². The van der Waals surface area contributed by atoms with Crippen LogP contribution in [0, 0.1) is 6.92 Å². The molecule has 0 saturated heterocycles. The first kappa shape index (κ1) is 23.2. The van der Waals surface area contributed by atoms with Crippen molar-refractivity contribution in [3.63, 3.8) is 0 Å². The van der Waals surface area contributed by atoms with Crippen LogP contribution in [-0.2, 0) is 29.0 Å². The Hall–Kier alpha value is -3.93. The number of aromatic nitrogens is 2. The minimum absolute atomic E-state index is 0.00157. The molecule has 0 unspecified atom stereocenters. The molecule has 1 heterocycles. The van der Waals surface area contributed by atoms with Crippen LogP contribution in [0.1, 0.15) is 23.9 Å². The van der Waals surface area contributed by atoms with Gasteiger partial charge in [0.1, 0.15) is 12.4 Å². The lowest BCUT2D eigenvalue weighted by Crippen LogP contribution is -2.34. The maximum absolute atomic E-state index is 13.3. The molecule has 0 aliphatic carbocycles. The smallest absolute Gasteiger partial charge is 0.246 e. The van der Waals surface area contributed by atoms with Crippen LogP contribution in [-0.4, -0.2) is 34.5 Å². The van der Waals surface area contributed by atoms with Crippen molar-refractivity contribution in [3.05, 3.63) is 95.8 Å². The number of hydrogen-bond donors (Lipinski definition) is 1. The lowest BCUT2D eigenvalue weighted by molar-refractivity contribution is -0.120. The average molecular weight is 455 g/mol. The van der Waals surface area contributed by atoms with Crippen LogP contribution in [0.3, 0.4) is 0 Å². The predicted octanol–water partition coefficient (Wildman–Crippen LogP) is 4.30. The number of nitrogens with zero attached hydrogens (tertiary/aromatic N) is 3. The predicted molar refractivity (Wildman–Crippen MR) is 136 cm³/mol. The van der Waals surface area contributed by atoms with E-state index in [4.69, 9.17) is 4.98 Å². The Bertz CT molecular complexity index is 1280. The zero-order valence-corrected chi connectivity index (χ0v) is 19.7. The Balaban J connectivity index is 1.47. The Morgan fingerprint density at radius 3 is 2.41 bits per heavy atom. The summed E-state index contributed by atoms with van der Waals surface area (Å²) in [5.41, 5.74) is 4.78. The van der Waals surface area contributed by atoms with Gasteiger partial charge < -0.3 is 14.8 Å². The summed E-state index contributed by atoms with van der Waals surface area (Å²) in [4.78, 5) is 32.3. The molecule has 1 aromatic heterocycles. The number of imidazole rings is 1. The van der Waals surface area contributed by atoms with Crippen LogP contribution in [0.15, 0.2) is 78.9 Å². The Morgan fingerprint density at radius 1 is 0.941 bits per heavy atom. The number of carbonyl (C=O) groups excluding carboxylic acids is 2. The van der Waals surface area contributed by atoms with Crippen LogP contribution >= 0.6 is 0 Å². The van der Waals surface area contributed by atoms with Gasteiger partial charge in [0.2, 0.25) is 11.8 Å². The molecule has 1 N–H and O–H groups in total. The molecule has 0 fully saturated rings. The lowest BCUT2D eigenvalue weighted by atomic mass is 10.1. The number of hydrogen-bond acceptors (Lipinski definition) is 3. The van der Waals surface area contributed by atoms with Crippen LogP contribution in [0.5, 0.6) is 0 Å². The van der Waals surface area contributed by atoms with Gasteiger partial charge in [0.05, 0.1) is 17.5 Å². The van der Waals surface area contributed by atoms with Crippen molar-refractivity contribution in [2.24, 2.45) is 0 Å². The van der Waals surface area contributed by atoms with Crippen LogP contribution in [0.2, 0.25) is 0 Å². The van der Waals surface area contributed by atoms with Gasteiger partial charge in [-0.3, -0.25) is 9.59 Å². The quantitative estimate of drug-likeness (QED) is 0.410. The van der Waals surface area contributed by atoms with Gasteiger partial charge in [0.25, 0.3) is 0 Å². The summed E-state index contributed by atoms with van der Waals surface area (Å²) in [6.07, 6.45) is 0.892. The molecule has 6 nitrogen and oxygen atoms in total. The number of amides is 2. The van der Waals surface area contributed by atoms with E-state index in [1.54, 1.807) is 4.90 Å². The Morgan fingerprint density at radius 2 is 1.65 bits per heavy atom. The molecular weight excluding hydrogens is 424 g/mol. The van der Waals surface area contributed by atoms with Crippen LogP contribution < -0.4 is 10.2 Å². The maximum Gasteiger partial charge on any atom is 0.246 e. The zero-order valence-electron chi connectivity index (χ0n) is 19.7. The number of aryl methyl sites for hydroxylation is 1. The van der Waals surface area contributed by atoms with Gasteiger partial charge in [-0.15, -0.1) is 0 Å². The topological polar surface area (TPSA) is 67.2 Å². The summed E-state index contributed by atoms with van der Waals surface area (Å²) in [6, 6.07) is 25.4. The summed E-state index contributed by atoms with van der Waals surface area (Å²) in [7, 11) is 0. The van der Waals surface area contributed by atoms with Crippen molar-refractivity contribution in [2.75, 3.05) is 18.0 Å². The average Bonchev–Trinajstić information content (AvgIpc) is 3.19. The molecule has 6 heteroatoms. The highest BCUT2D eigenvalue weighted by molar-refractivity contribution is 5.94. The molecule has 0 saturated carbocycles. The molecule has 34 heavy (non-hydrogen) atoms. The number of rotatable bonds is 9. The normalized spacial score (nSPS) is 10.9. The van der Waals surface area contributed by atoms with Gasteiger partial charge >= 0.3 is 0 Å². The first-order chi connectivity index (χ1) is 16.6. The fraction of sp³-hybridized carbons (Fsp3) is 0.250. The third-order valence-electron chi connectivity index (χ3n) is 6.00. The van der Waals surface area contributed by atoms with Gasteiger partial charge in [-0.2, -0.15) is 0 Å². The number of benzene rings is 3. The maximum atomic E-state index is 13.3. The SMILES string of the molecule is CCN(C(=O)Cn1c(CCNC(=O)Cc2ccccc2C)nc2ccccc21)c1ccccc1. The molecule has 3 aromatic carbocycles. The molecule has 174 valence electrons. The van der Waals surface area contributed by atoms with E-state index in [9.17, 15) is 9.59 Å². The number of para-hydroxylation sites is 3. The van der Waals surface area contributed by atoms with Gasteiger partial charge in [0, 0.05) is 25.2 Å². The molecular formula is C28H30N4O2. The van der Waals surface area contributed by atoms with E-state index < -0.39 is 0 Å². The van der Waals surface area contributed by atoms with E-state index in [2.05, 4.69) is 5.32 Å². The second kappa shape index (κ2) is 10.8. The summed E-state index contributed by atoms with van der Waals surface area (Å²) in [6.45, 7) is 5.22. The summed E-state index contributed by atoms with van der Waals surface area (Å²) < 4.78 is 1.97. The van der Waals surface area contributed by atoms with Gasteiger partial charge in [-0.05, 0) is 49.2 Å². The highest BCUT2D eigenvalue weighted by Crippen LogP contribution is 2.19. The zero-order chi connectivity index (χ0) is 23.9. The second-order valence-electron chi connectivity index (χ2n) is 8.28. The van der Waals surface area contributed by atoms with Crippen LogP contribution in [0.25, 0.3) is 11.0 Å². The Kier molecular flexibility index (Phi) is 7.38.